The Balaban J connectivity index is 1.18. The number of rotatable bonds is 4. The van der Waals surface area contributed by atoms with Gasteiger partial charge in [0.25, 0.3) is 11.5 Å². The average Bonchev–Trinajstić information content (AvgIpc) is 3.34. The van der Waals surface area contributed by atoms with E-state index in [-0.39, 0.29) is 12.2 Å². The molecule has 1 saturated heterocycles. The van der Waals surface area contributed by atoms with Crippen molar-refractivity contribution in [2.45, 2.75) is 31.4 Å². The van der Waals surface area contributed by atoms with Crippen molar-refractivity contribution in [2.24, 2.45) is 0 Å². The molecule has 4 aromatic rings. The molecule has 1 aliphatic heterocycles. The Morgan fingerprint density at radius 1 is 1.11 bits per heavy atom. The van der Waals surface area contributed by atoms with Crippen molar-refractivity contribution >= 4 is 44.4 Å². The van der Waals surface area contributed by atoms with Gasteiger partial charge < -0.3 is 10.1 Å². The number of benzene rings is 2. The highest BCUT2D eigenvalue weighted by atomic mass is 32.1. The van der Waals surface area contributed by atoms with Crippen LogP contribution < -0.4 is 10.9 Å². The summed E-state index contributed by atoms with van der Waals surface area (Å²) in [7, 11) is 0. The van der Waals surface area contributed by atoms with Crippen molar-refractivity contribution in [3.8, 4) is 0 Å². The summed E-state index contributed by atoms with van der Waals surface area (Å²) in [5.41, 5.74) is 1.45. The monoisotopic (exact) mass is 488 g/mol. The van der Waals surface area contributed by atoms with Crippen molar-refractivity contribution in [3.05, 3.63) is 81.8 Å². The van der Waals surface area contributed by atoms with Crippen LogP contribution in [0.1, 0.15) is 29.7 Å². The lowest BCUT2D eigenvalue weighted by Crippen LogP contribution is -2.46. The number of urea groups is 1. The van der Waals surface area contributed by atoms with Crippen molar-refractivity contribution in [1.29, 1.82) is 0 Å². The molecule has 1 atom stereocenters. The molecule has 176 valence electrons. The summed E-state index contributed by atoms with van der Waals surface area (Å²) in [4.78, 5) is 57.1. The van der Waals surface area contributed by atoms with Crippen LogP contribution in [0.3, 0.4) is 0 Å². The smallest absolute Gasteiger partial charge is 0.326 e. The predicted molar refractivity (Wildman–Crippen MR) is 128 cm³/mol. The molecule has 0 bridgehead atoms. The van der Waals surface area contributed by atoms with E-state index >= 15 is 0 Å². The second kappa shape index (κ2) is 8.02. The van der Waals surface area contributed by atoms with Gasteiger partial charge in [-0.1, -0.05) is 47.7 Å². The van der Waals surface area contributed by atoms with Gasteiger partial charge in [0.15, 0.2) is 4.96 Å². The molecule has 35 heavy (non-hydrogen) atoms. The second-order valence-electron chi connectivity index (χ2n) is 8.67. The molecule has 6 rings (SSSR count). The first-order valence-electron chi connectivity index (χ1n) is 11.2. The molecule has 3 amide bonds. The lowest BCUT2D eigenvalue weighted by atomic mass is 9.76. The molecule has 9 nitrogen and oxygen atoms in total. The molecule has 0 unspecified atom stereocenters. The van der Waals surface area contributed by atoms with Crippen LogP contribution in [-0.4, -0.2) is 38.7 Å². The maximum Gasteiger partial charge on any atom is 0.326 e. The number of nitrogens with one attached hydrogen (secondary N) is 1. The van der Waals surface area contributed by atoms with Crippen LogP contribution in [0.4, 0.5) is 4.79 Å². The Hall–Kier alpha value is -4.05. The zero-order valence-electron chi connectivity index (χ0n) is 18.5. The zero-order valence-corrected chi connectivity index (χ0v) is 19.3. The molecule has 0 radical (unpaired) electrons. The number of nitrogens with zero attached hydrogens (tertiary/aromatic N) is 3. The van der Waals surface area contributed by atoms with E-state index in [2.05, 4.69) is 10.3 Å². The molecule has 1 fully saturated rings. The number of hydrogen-bond acceptors (Lipinski definition) is 7. The highest BCUT2D eigenvalue weighted by molar-refractivity contribution is 7.23. The van der Waals surface area contributed by atoms with Crippen LogP contribution in [0.2, 0.25) is 0 Å². The van der Waals surface area contributed by atoms with Gasteiger partial charge in [-0.3, -0.25) is 23.7 Å². The van der Waals surface area contributed by atoms with Gasteiger partial charge in [0.05, 0.1) is 15.9 Å². The lowest BCUT2D eigenvalue weighted by Gasteiger charge is -2.33. The van der Waals surface area contributed by atoms with Crippen LogP contribution in [0, 0.1) is 0 Å². The number of para-hydroxylation sites is 1. The maximum absolute atomic E-state index is 13.3. The van der Waals surface area contributed by atoms with E-state index in [1.54, 1.807) is 0 Å². The van der Waals surface area contributed by atoms with Crippen molar-refractivity contribution in [3.63, 3.8) is 0 Å². The minimum atomic E-state index is -1.14. The molecule has 3 heterocycles. The maximum atomic E-state index is 13.3. The lowest BCUT2D eigenvalue weighted by molar-refractivity contribution is -0.149. The van der Waals surface area contributed by atoms with Gasteiger partial charge in [-0.2, -0.15) is 0 Å². The number of thiazole rings is 1. The van der Waals surface area contributed by atoms with Gasteiger partial charge in [0.1, 0.15) is 18.7 Å². The number of ether oxygens (including phenoxy) is 1. The zero-order chi connectivity index (χ0) is 24.2. The number of imide groups is 1. The third kappa shape index (κ3) is 3.40. The summed E-state index contributed by atoms with van der Waals surface area (Å²) in [5, 5.41) is 2.82. The Morgan fingerprint density at radius 3 is 2.80 bits per heavy atom. The van der Waals surface area contributed by atoms with Crippen molar-refractivity contribution in [1.82, 2.24) is 19.6 Å². The van der Waals surface area contributed by atoms with Gasteiger partial charge in [0, 0.05) is 6.07 Å². The van der Waals surface area contributed by atoms with Gasteiger partial charge in [0.2, 0.25) is 0 Å². The van der Waals surface area contributed by atoms with Crippen molar-refractivity contribution in [2.75, 3.05) is 6.54 Å². The summed E-state index contributed by atoms with van der Waals surface area (Å²) >= 11 is 1.36. The molecule has 1 N–H and O–H groups in total. The van der Waals surface area contributed by atoms with Crippen LogP contribution in [-0.2, 0) is 32.9 Å². The van der Waals surface area contributed by atoms with Crippen LogP contribution in [0.25, 0.3) is 15.2 Å². The van der Waals surface area contributed by atoms with E-state index in [1.165, 1.54) is 21.8 Å². The van der Waals surface area contributed by atoms with Gasteiger partial charge in [-0.15, -0.1) is 0 Å². The van der Waals surface area contributed by atoms with Gasteiger partial charge in [-0.25, -0.2) is 9.78 Å². The molecule has 0 saturated carbocycles. The molecule has 2 aromatic carbocycles. The van der Waals surface area contributed by atoms with E-state index in [9.17, 15) is 19.2 Å². The first-order chi connectivity index (χ1) is 17.0. The number of aromatic nitrogens is 2. The van der Waals surface area contributed by atoms with Gasteiger partial charge >= 0.3 is 12.0 Å². The highest BCUT2D eigenvalue weighted by Gasteiger charge is 2.54. The average molecular weight is 489 g/mol. The first kappa shape index (κ1) is 21.5. The van der Waals surface area contributed by atoms with Crippen molar-refractivity contribution < 1.29 is 19.1 Å². The molecular weight excluding hydrogens is 468 g/mol. The fourth-order valence-corrected chi connectivity index (χ4v) is 6.03. The number of aryl methyl sites for hydroxylation is 1. The Morgan fingerprint density at radius 2 is 1.91 bits per heavy atom. The quantitative estimate of drug-likeness (QED) is 0.349. The number of fused-ring (bicyclic) bond motifs is 5. The topological polar surface area (TPSA) is 110 Å². The third-order valence-corrected chi connectivity index (χ3v) is 7.59. The van der Waals surface area contributed by atoms with E-state index in [4.69, 9.17) is 4.74 Å². The molecule has 2 aromatic heterocycles. The summed E-state index contributed by atoms with van der Waals surface area (Å²) in [6, 6.07) is 15.7. The normalized spacial score (nSPS) is 19.4. The SMILES string of the molecule is O=C(CN1C(=O)N[C@@]2(CCCc3ccccc32)C1=O)OCc1cc(=O)n2c(n1)sc1ccccc12. The van der Waals surface area contributed by atoms with Gasteiger partial charge in [-0.05, 0) is 42.5 Å². The number of esters is 1. The molecular formula is C25H20N4O5S. The molecule has 1 spiro atoms. The minimum absolute atomic E-state index is 0.240. The predicted octanol–water partition coefficient (Wildman–Crippen LogP) is 2.74. The van der Waals surface area contributed by atoms with Crippen LogP contribution in [0.5, 0.6) is 0 Å². The summed E-state index contributed by atoms with van der Waals surface area (Å²) < 4.78 is 7.72. The minimum Gasteiger partial charge on any atom is -0.458 e. The summed E-state index contributed by atoms with van der Waals surface area (Å²) in [6.45, 7) is -0.755. The molecule has 1 aliphatic carbocycles. The number of carbonyl (C=O) groups excluding carboxylic acids is 3. The fraction of sp³-hybridized carbons (Fsp3) is 0.240. The Labute approximate surface area is 203 Å². The molecule has 2 aliphatic rings. The number of carbonyl (C=O) groups is 3. The third-order valence-electron chi connectivity index (χ3n) is 6.57. The second-order valence-corrected chi connectivity index (χ2v) is 9.68. The Bertz CT molecular complexity index is 1590. The highest BCUT2D eigenvalue weighted by Crippen LogP contribution is 2.39. The summed E-state index contributed by atoms with van der Waals surface area (Å²) in [5.74, 6) is -1.21. The standard InChI is InChI=1S/C25H20N4O5S/c30-20-12-16(26-24-29(20)18-9-3-4-10-19(18)35-24)14-34-21(31)13-28-22(32)25(27-23(28)33)11-5-7-15-6-1-2-8-17(15)25/h1-4,6,8-10,12H,5,7,11,13-14H2,(H,27,33)/t25-/m1/s1. The molecule has 10 heteroatoms. The van der Waals surface area contributed by atoms with E-state index in [1.807, 2.05) is 48.5 Å². The fourth-order valence-electron chi connectivity index (χ4n) is 4.98. The summed E-state index contributed by atoms with van der Waals surface area (Å²) in [6.07, 6.45) is 2.06. The number of amides is 3. The van der Waals surface area contributed by atoms with E-state index < -0.39 is 30.0 Å². The number of hydrogen-bond donors (Lipinski definition) is 1. The van der Waals surface area contributed by atoms with E-state index in [0.717, 1.165) is 39.1 Å². The van der Waals surface area contributed by atoms with Crippen LogP contribution in [0.15, 0.2) is 59.4 Å². The van der Waals surface area contributed by atoms with E-state index in [0.29, 0.717) is 17.1 Å². The van der Waals surface area contributed by atoms with Crippen LogP contribution >= 0.6 is 11.3 Å². The first-order valence-corrected chi connectivity index (χ1v) is 12.1. The Kier molecular flexibility index (Phi) is 4.92. The largest absolute Gasteiger partial charge is 0.458 e.